The smallest absolute Gasteiger partial charge is 0.271 e. The van der Waals surface area contributed by atoms with E-state index in [1.54, 1.807) is 24.4 Å². The molecule has 28 heavy (non-hydrogen) atoms. The maximum absolute atomic E-state index is 12.1. The molecular weight excluding hydrogens is 362 g/mol. The number of pyridine rings is 1. The topological polar surface area (TPSA) is 136 Å². The first kappa shape index (κ1) is 17.3. The number of anilines is 4. The van der Waals surface area contributed by atoms with Crippen LogP contribution in [0.25, 0.3) is 0 Å². The number of carbonyl (C=O) groups is 1. The van der Waals surface area contributed by atoms with E-state index < -0.39 is 0 Å². The van der Waals surface area contributed by atoms with E-state index >= 15 is 0 Å². The molecule has 3 heterocycles. The quantitative estimate of drug-likeness (QED) is 0.488. The van der Waals surface area contributed by atoms with E-state index in [9.17, 15) is 4.79 Å². The summed E-state index contributed by atoms with van der Waals surface area (Å²) < 4.78 is 11.1. The fourth-order valence-electron chi connectivity index (χ4n) is 2.54. The van der Waals surface area contributed by atoms with Crippen molar-refractivity contribution in [1.29, 1.82) is 0 Å². The Morgan fingerprint density at radius 1 is 1.07 bits per heavy atom. The molecule has 0 bridgehead atoms. The van der Waals surface area contributed by atoms with Gasteiger partial charge < -0.3 is 20.5 Å². The largest absolute Gasteiger partial charge is 0.486 e. The van der Waals surface area contributed by atoms with Crippen molar-refractivity contribution in [3.63, 3.8) is 0 Å². The molecular formula is C18H17N7O3. The molecule has 0 saturated carbocycles. The van der Waals surface area contributed by atoms with Gasteiger partial charge in [0.25, 0.3) is 5.91 Å². The number of hydrogen-bond acceptors (Lipinski definition) is 9. The second kappa shape index (κ2) is 7.66. The van der Waals surface area contributed by atoms with Crippen LogP contribution in [0.4, 0.5) is 23.0 Å². The first-order valence-electron chi connectivity index (χ1n) is 8.44. The number of carbonyl (C=O) groups excluding carboxylic acids is 1. The van der Waals surface area contributed by atoms with Crippen molar-refractivity contribution >= 4 is 28.9 Å². The molecule has 0 saturated heterocycles. The lowest BCUT2D eigenvalue weighted by atomic mass is 10.2. The maximum atomic E-state index is 12.1. The SMILES string of the molecule is Nc1c(NNC(=O)c2cccnc2)ncnc1Nc1ccc2c(c1)OCCO2. The summed E-state index contributed by atoms with van der Waals surface area (Å²) in [5, 5.41) is 3.11. The van der Waals surface area contributed by atoms with Crippen LogP contribution in [0.5, 0.6) is 11.5 Å². The van der Waals surface area contributed by atoms with E-state index in [0.717, 1.165) is 5.69 Å². The highest BCUT2D eigenvalue weighted by Crippen LogP contribution is 2.34. The molecule has 1 aliphatic heterocycles. The monoisotopic (exact) mass is 379 g/mol. The van der Waals surface area contributed by atoms with Crippen LogP contribution in [0, 0.1) is 0 Å². The third-order valence-electron chi connectivity index (χ3n) is 3.91. The number of nitrogens with zero attached hydrogens (tertiary/aromatic N) is 3. The number of amides is 1. The molecule has 1 aromatic carbocycles. The number of ether oxygens (including phenoxy) is 2. The molecule has 3 aromatic rings. The Kier molecular flexibility index (Phi) is 4.74. The maximum Gasteiger partial charge on any atom is 0.271 e. The Morgan fingerprint density at radius 2 is 1.89 bits per heavy atom. The summed E-state index contributed by atoms with van der Waals surface area (Å²) in [7, 11) is 0. The van der Waals surface area contributed by atoms with Gasteiger partial charge in [0.15, 0.2) is 23.1 Å². The van der Waals surface area contributed by atoms with Gasteiger partial charge in [0.2, 0.25) is 0 Å². The number of benzene rings is 1. The van der Waals surface area contributed by atoms with Crippen molar-refractivity contribution in [2.75, 3.05) is 29.7 Å². The Hall–Kier alpha value is -4.08. The predicted octanol–water partition coefficient (Wildman–Crippen LogP) is 1.73. The summed E-state index contributed by atoms with van der Waals surface area (Å²) in [6.07, 6.45) is 4.37. The van der Waals surface area contributed by atoms with Crippen LogP contribution in [-0.4, -0.2) is 34.1 Å². The van der Waals surface area contributed by atoms with Gasteiger partial charge in [-0.15, -0.1) is 0 Å². The van der Waals surface area contributed by atoms with E-state index in [-0.39, 0.29) is 17.4 Å². The van der Waals surface area contributed by atoms with Crippen molar-refractivity contribution in [3.05, 3.63) is 54.6 Å². The third kappa shape index (κ3) is 3.70. The number of fused-ring (bicyclic) bond motifs is 1. The Morgan fingerprint density at radius 3 is 2.71 bits per heavy atom. The van der Waals surface area contributed by atoms with Gasteiger partial charge in [-0.2, -0.15) is 0 Å². The van der Waals surface area contributed by atoms with Gasteiger partial charge >= 0.3 is 0 Å². The molecule has 10 heteroatoms. The summed E-state index contributed by atoms with van der Waals surface area (Å²) in [4.78, 5) is 24.2. The zero-order valence-corrected chi connectivity index (χ0v) is 14.7. The fourth-order valence-corrected chi connectivity index (χ4v) is 2.54. The second-order valence-corrected chi connectivity index (χ2v) is 5.79. The summed E-state index contributed by atoms with van der Waals surface area (Å²) >= 11 is 0. The zero-order valence-electron chi connectivity index (χ0n) is 14.7. The predicted molar refractivity (Wildman–Crippen MR) is 102 cm³/mol. The van der Waals surface area contributed by atoms with Crippen LogP contribution >= 0.6 is 0 Å². The molecule has 0 aliphatic carbocycles. The molecule has 4 rings (SSSR count). The van der Waals surface area contributed by atoms with Crippen molar-refractivity contribution in [2.24, 2.45) is 0 Å². The Balaban J connectivity index is 1.47. The minimum absolute atomic E-state index is 0.240. The number of hydrazine groups is 1. The van der Waals surface area contributed by atoms with E-state index in [2.05, 4.69) is 31.1 Å². The Bertz CT molecular complexity index is 998. The lowest BCUT2D eigenvalue weighted by molar-refractivity contribution is 0.0962. The first-order valence-corrected chi connectivity index (χ1v) is 8.44. The normalized spacial score (nSPS) is 12.1. The summed E-state index contributed by atoms with van der Waals surface area (Å²) in [6, 6.07) is 8.74. The number of nitrogen functional groups attached to an aromatic ring is 1. The van der Waals surface area contributed by atoms with Gasteiger partial charge in [-0.1, -0.05) is 0 Å². The highest BCUT2D eigenvalue weighted by Gasteiger charge is 2.14. The molecule has 0 unspecified atom stereocenters. The first-order chi connectivity index (χ1) is 13.7. The van der Waals surface area contributed by atoms with Crippen molar-refractivity contribution in [1.82, 2.24) is 20.4 Å². The molecule has 0 radical (unpaired) electrons. The summed E-state index contributed by atoms with van der Waals surface area (Å²) in [6.45, 7) is 1.02. The summed E-state index contributed by atoms with van der Waals surface area (Å²) in [5.41, 5.74) is 12.7. The number of hydrogen-bond donors (Lipinski definition) is 4. The van der Waals surface area contributed by atoms with Crippen molar-refractivity contribution in [2.45, 2.75) is 0 Å². The minimum Gasteiger partial charge on any atom is -0.486 e. The number of aromatic nitrogens is 3. The number of rotatable bonds is 5. The van der Waals surface area contributed by atoms with Gasteiger partial charge in [0, 0.05) is 24.1 Å². The highest BCUT2D eigenvalue weighted by atomic mass is 16.6. The van der Waals surface area contributed by atoms with Crippen molar-refractivity contribution < 1.29 is 14.3 Å². The third-order valence-corrected chi connectivity index (χ3v) is 3.91. The van der Waals surface area contributed by atoms with Gasteiger partial charge in [0.1, 0.15) is 25.2 Å². The fraction of sp³-hybridized carbons (Fsp3) is 0.111. The number of nitrogens with two attached hydrogens (primary N) is 1. The summed E-state index contributed by atoms with van der Waals surface area (Å²) in [5.74, 6) is 1.60. The van der Waals surface area contributed by atoms with E-state index in [1.807, 2.05) is 12.1 Å². The molecule has 142 valence electrons. The van der Waals surface area contributed by atoms with Crippen LogP contribution in [-0.2, 0) is 0 Å². The standard InChI is InChI=1S/C18H17N7O3/c19-15-16(23-12-3-4-13-14(8-12)28-7-6-27-13)21-10-22-17(15)24-25-18(26)11-2-1-5-20-9-11/h1-5,8-10H,6-7,19H2,(H,25,26)(H2,21,22,23,24). The minimum atomic E-state index is -0.368. The molecule has 5 N–H and O–H groups in total. The molecule has 2 aromatic heterocycles. The Labute approximate surface area is 160 Å². The van der Waals surface area contributed by atoms with E-state index in [1.165, 1.54) is 12.5 Å². The van der Waals surface area contributed by atoms with Gasteiger partial charge in [-0.25, -0.2) is 9.97 Å². The van der Waals surface area contributed by atoms with Crippen LogP contribution < -0.4 is 31.4 Å². The van der Waals surface area contributed by atoms with E-state index in [4.69, 9.17) is 15.2 Å². The molecule has 1 aliphatic rings. The molecule has 0 fully saturated rings. The zero-order chi connectivity index (χ0) is 19.3. The van der Waals surface area contributed by atoms with Crippen LogP contribution in [0.15, 0.2) is 49.1 Å². The molecule has 0 spiro atoms. The lowest BCUT2D eigenvalue weighted by Gasteiger charge is -2.19. The molecule has 0 atom stereocenters. The van der Waals surface area contributed by atoms with Gasteiger partial charge in [-0.05, 0) is 24.3 Å². The second-order valence-electron chi connectivity index (χ2n) is 5.79. The van der Waals surface area contributed by atoms with Gasteiger partial charge in [0.05, 0.1) is 5.56 Å². The average Bonchev–Trinajstić information content (AvgIpc) is 2.74. The van der Waals surface area contributed by atoms with Crippen LogP contribution in [0.3, 0.4) is 0 Å². The molecule has 10 nitrogen and oxygen atoms in total. The lowest BCUT2D eigenvalue weighted by Crippen LogP contribution is -2.30. The van der Waals surface area contributed by atoms with Gasteiger partial charge in [-0.3, -0.25) is 20.6 Å². The van der Waals surface area contributed by atoms with Crippen LogP contribution in [0.2, 0.25) is 0 Å². The van der Waals surface area contributed by atoms with Crippen molar-refractivity contribution in [3.8, 4) is 11.5 Å². The van der Waals surface area contributed by atoms with Crippen LogP contribution in [0.1, 0.15) is 10.4 Å². The number of nitrogens with one attached hydrogen (secondary N) is 3. The average molecular weight is 379 g/mol. The van der Waals surface area contributed by atoms with E-state index in [0.29, 0.717) is 36.1 Å². The molecule has 1 amide bonds. The highest BCUT2D eigenvalue weighted by molar-refractivity contribution is 5.94.